The summed E-state index contributed by atoms with van der Waals surface area (Å²) in [4.78, 5) is 4.22. The molecule has 0 aliphatic heterocycles. The number of aromatic hydroxyl groups is 1. The van der Waals surface area contributed by atoms with Crippen LogP contribution < -0.4 is 0 Å². The lowest BCUT2D eigenvalue weighted by Crippen LogP contribution is -1.88. The summed E-state index contributed by atoms with van der Waals surface area (Å²) in [5.74, 6) is -0.539. The van der Waals surface area contributed by atoms with Crippen molar-refractivity contribution in [2.24, 2.45) is 0 Å². The van der Waals surface area contributed by atoms with Gasteiger partial charge in [0.1, 0.15) is 17.2 Å². The van der Waals surface area contributed by atoms with Crippen molar-refractivity contribution < 1.29 is 9.50 Å². The van der Waals surface area contributed by atoms with Crippen molar-refractivity contribution in [1.29, 1.82) is 0 Å². The lowest BCUT2D eigenvalue weighted by atomic mass is 10.1. The van der Waals surface area contributed by atoms with Gasteiger partial charge in [0, 0.05) is 35.8 Å². The first-order chi connectivity index (χ1) is 8.25. The molecular formula is C13H9FN2O. The number of halogens is 1. The Balaban J connectivity index is 2.30. The monoisotopic (exact) mass is 228 g/mol. The third-order valence-corrected chi connectivity index (χ3v) is 2.67. The molecule has 0 radical (unpaired) electrons. The molecule has 3 nitrogen and oxygen atoms in total. The molecule has 0 aliphatic carbocycles. The van der Waals surface area contributed by atoms with Gasteiger partial charge in [-0.2, -0.15) is 0 Å². The van der Waals surface area contributed by atoms with Crippen LogP contribution in [0.15, 0.2) is 48.9 Å². The molecule has 2 heterocycles. The van der Waals surface area contributed by atoms with E-state index in [1.165, 1.54) is 6.07 Å². The van der Waals surface area contributed by atoms with Crippen LogP contribution in [0.5, 0.6) is 5.75 Å². The summed E-state index contributed by atoms with van der Waals surface area (Å²) in [6.07, 6.45) is 5.37. The molecule has 0 fully saturated rings. The molecule has 0 spiro atoms. The van der Waals surface area contributed by atoms with Crippen molar-refractivity contribution in [1.82, 2.24) is 9.38 Å². The Morgan fingerprint density at radius 1 is 1.12 bits per heavy atom. The molecule has 4 heteroatoms. The molecule has 0 unspecified atom stereocenters. The fourth-order valence-corrected chi connectivity index (χ4v) is 1.89. The van der Waals surface area contributed by atoms with Gasteiger partial charge in [-0.25, -0.2) is 9.37 Å². The number of pyridine rings is 1. The van der Waals surface area contributed by atoms with Crippen molar-refractivity contribution in [3.05, 3.63) is 54.7 Å². The predicted octanol–water partition coefficient (Wildman–Crippen LogP) is 2.85. The third kappa shape index (κ3) is 1.54. The Kier molecular flexibility index (Phi) is 2.08. The summed E-state index contributed by atoms with van der Waals surface area (Å²) in [6.45, 7) is 0. The van der Waals surface area contributed by atoms with Crippen LogP contribution in [-0.4, -0.2) is 14.5 Å². The smallest absolute Gasteiger partial charge is 0.144 e. The van der Waals surface area contributed by atoms with Crippen LogP contribution in [0.3, 0.4) is 0 Å². The number of phenols is 1. The second-order valence-corrected chi connectivity index (χ2v) is 3.74. The van der Waals surface area contributed by atoms with Crippen molar-refractivity contribution >= 4 is 5.65 Å². The number of benzene rings is 1. The Morgan fingerprint density at radius 2 is 2.00 bits per heavy atom. The van der Waals surface area contributed by atoms with Crippen molar-refractivity contribution in [3.63, 3.8) is 0 Å². The van der Waals surface area contributed by atoms with Gasteiger partial charge in [-0.1, -0.05) is 0 Å². The maximum atomic E-state index is 12.9. The van der Waals surface area contributed by atoms with Gasteiger partial charge in [0.2, 0.25) is 0 Å². The first-order valence-electron chi connectivity index (χ1n) is 5.16. The van der Waals surface area contributed by atoms with Gasteiger partial charge in [0.05, 0.1) is 0 Å². The highest BCUT2D eigenvalue weighted by Gasteiger charge is 2.09. The second-order valence-electron chi connectivity index (χ2n) is 3.74. The lowest BCUT2D eigenvalue weighted by molar-refractivity contribution is 0.471. The highest BCUT2D eigenvalue weighted by Crippen LogP contribution is 2.31. The van der Waals surface area contributed by atoms with Crippen molar-refractivity contribution in [2.45, 2.75) is 0 Å². The maximum Gasteiger partial charge on any atom is 0.144 e. The Hall–Kier alpha value is -2.36. The molecule has 0 bridgehead atoms. The van der Waals surface area contributed by atoms with E-state index in [-0.39, 0.29) is 5.75 Å². The molecule has 0 saturated heterocycles. The molecule has 0 aliphatic rings. The van der Waals surface area contributed by atoms with Crippen molar-refractivity contribution in [2.75, 3.05) is 0 Å². The first kappa shape index (κ1) is 9.84. The third-order valence-electron chi connectivity index (χ3n) is 2.67. The second kappa shape index (κ2) is 3.59. The number of hydrogen-bond donors (Lipinski definition) is 1. The highest BCUT2D eigenvalue weighted by molar-refractivity contribution is 5.81. The fourth-order valence-electron chi connectivity index (χ4n) is 1.89. The molecule has 1 aromatic carbocycles. The van der Waals surface area contributed by atoms with Crippen LogP contribution in [0.2, 0.25) is 0 Å². The Morgan fingerprint density at radius 3 is 2.82 bits per heavy atom. The number of hydrogen-bond acceptors (Lipinski definition) is 2. The van der Waals surface area contributed by atoms with Crippen molar-refractivity contribution in [3.8, 4) is 16.9 Å². The average molecular weight is 228 g/mol. The fraction of sp³-hybridized carbons (Fsp3) is 0. The summed E-state index contributed by atoms with van der Waals surface area (Å²) in [5, 5.41) is 9.76. The summed E-state index contributed by atoms with van der Waals surface area (Å²) in [6, 6.07) is 7.67. The zero-order valence-corrected chi connectivity index (χ0v) is 8.84. The molecule has 3 aromatic rings. The van der Waals surface area contributed by atoms with E-state index in [0.717, 1.165) is 17.3 Å². The van der Waals surface area contributed by atoms with E-state index in [2.05, 4.69) is 4.98 Å². The first-order valence-corrected chi connectivity index (χ1v) is 5.16. The van der Waals surface area contributed by atoms with E-state index in [1.54, 1.807) is 12.3 Å². The quantitative estimate of drug-likeness (QED) is 0.695. The zero-order valence-electron chi connectivity index (χ0n) is 8.84. The van der Waals surface area contributed by atoms with Crippen LogP contribution in [0.25, 0.3) is 16.8 Å². The molecule has 1 N–H and O–H groups in total. The molecule has 0 amide bonds. The van der Waals surface area contributed by atoms with Gasteiger partial charge >= 0.3 is 0 Å². The van der Waals surface area contributed by atoms with Gasteiger partial charge in [0.15, 0.2) is 0 Å². The minimum atomic E-state index is -0.457. The lowest BCUT2D eigenvalue weighted by Gasteiger charge is -2.06. The van der Waals surface area contributed by atoms with Crippen LogP contribution in [0.1, 0.15) is 0 Å². The van der Waals surface area contributed by atoms with Gasteiger partial charge < -0.3 is 9.51 Å². The number of rotatable bonds is 1. The van der Waals surface area contributed by atoms with Crippen LogP contribution in [0, 0.1) is 5.82 Å². The van der Waals surface area contributed by atoms with E-state index in [0.29, 0.717) is 5.56 Å². The largest absolute Gasteiger partial charge is 0.507 e. The van der Waals surface area contributed by atoms with Crippen LogP contribution >= 0.6 is 0 Å². The van der Waals surface area contributed by atoms with Gasteiger partial charge in [-0.05, 0) is 24.3 Å². The molecule has 2 aromatic heterocycles. The van der Waals surface area contributed by atoms with Crippen LogP contribution in [-0.2, 0) is 0 Å². The van der Waals surface area contributed by atoms with E-state index >= 15 is 0 Å². The molecule has 17 heavy (non-hydrogen) atoms. The normalized spacial score (nSPS) is 10.9. The maximum absolute atomic E-state index is 12.9. The molecule has 84 valence electrons. The summed E-state index contributed by atoms with van der Waals surface area (Å²) in [7, 11) is 0. The standard InChI is InChI=1S/C13H9FN2O/c14-9-3-4-10(12(17)8-9)11-2-1-6-16-7-5-15-13(11)16/h1-8,17H. The summed E-state index contributed by atoms with van der Waals surface area (Å²) in [5.41, 5.74) is 2.08. The molecule has 3 rings (SSSR count). The van der Waals surface area contributed by atoms with Gasteiger partial charge in [-0.3, -0.25) is 0 Å². The van der Waals surface area contributed by atoms with Gasteiger partial charge in [-0.15, -0.1) is 0 Å². The average Bonchev–Trinajstić information content (AvgIpc) is 2.77. The molecule has 0 atom stereocenters. The summed E-state index contributed by atoms with van der Waals surface area (Å²) >= 11 is 0. The Labute approximate surface area is 96.8 Å². The number of aromatic nitrogens is 2. The molecular weight excluding hydrogens is 219 g/mol. The number of fused-ring (bicyclic) bond motifs is 1. The Bertz CT molecular complexity index is 691. The zero-order chi connectivity index (χ0) is 11.8. The number of imidazole rings is 1. The summed E-state index contributed by atoms with van der Waals surface area (Å²) < 4.78 is 14.8. The number of nitrogens with zero attached hydrogens (tertiary/aromatic N) is 2. The number of phenolic OH excluding ortho intramolecular Hbond substituents is 1. The SMILES string of the molecule is Oc1cc(F)ccc1-c1cccn2ccnc12. The molecule has 0 saturated carbocycles. The van der Waals surface area contributed by atoms with Crippen LogP contribution in [0.4, 0.5) is 4.39 Å². The minimum absolute atomic E-state index is 0.0823. The van der Waals surface area contributed by atoms with E-state index < -0.39 is 5.82 Å². The minimum Gasteiger partial charge on any atom is -0.507 e. The highest BCUT2D eigenvalue weighted by atomic mass is 19.1. The van der Waals surface area contributed by atoms with E-state index in [4.69, 9.17) is 0 Å². The van der Waals surface area contributed by atoms with E-state index in [9.17, 15) is 9.50 Å². The van der Waals surface area contributed by atoms with E-state index in [1.807, 2.05) is 28.9 Å². The predicted molar refractivity (Wildman–Crippen MR) is 62.3 cm³/mol. The van der Waals surface area contributed by atoms with Gasteiger partial charge in [0.25, 0.3) is 0 Å². The topological polar surface area (TPSA) is 37.5 Å².